The summed E-state index contributed by atoms with van der Waals surface area (Å²) in [5, 5.41) is 25.6. The van der Waals surface area contributed by atoms with Gasteiger partial charge in [0.2, 0.25) is 5.91 Å². The summed E-state index contributed by atoms with van der Waals surface area (Å²) in [5.74, 6) is -1.49. The lowest BCUT2D eigenvalue weighted by molar-refractivity contribution is -0.138. The van der Waals surface area contributed by atoms with Crippen molar-refractivity contribution in [2.75, 3.05) is 0 Å². The van der Waals surface area contributed by atoms with Crippen LogP contribution in [0.2, 0.25) is 0 Å². The molecule has 3 atom stereocenters. The number of terminal acetylenes is 1. The van der Waals surface area contributed by atoms with Gasteiger partial charge >= 0.3 is 6.09 Å². The summed E-state index contributed by atoms with van der Waals surface area (Å²) >= 11 is 0. The molecule has 38 heavy (non-hydrogen) atoms. The van der Waals surface area contributed by atoms with Crippen LogP contribution in [0.4, 0.5) is 4.79 Å². The molecule has 2 aromatic carbocycles. The van der Waals surface area contributed by atoms with Crippen molar-refractivity contribution < 1.29 is 29.3 Å². The minimum Gasteiger partial charge on any atom is -0.508 e. The topological polar surface area (TPSA) is 128 Å². The normalized spacial score (nSPS) is 13.4. The number of carbonyl (C=O) groups is 3. The van der Waals surface area contributed by atoms with Gasteiger partial charge in [0.25, 0.3) is 5.91 Å². The maximum atomic E-state index is 13.9. The second-order valence-electron chi connectivity index (χ2n) is 10.1. The second kappa shape index (κ2) is 13.4. The van der Waals surface area contributed by atoms with E-state index >= 15 is 0 Å². The van der Waals surface area contributed by atoms with Gasteiger partial charge in [0.15, 0.2) is 6.04 Å². The number of ether oxygens (including phenoxy) is 1. The number of amides is 3. The van der Waals surface area contributed by atoms with Crippen LogP contribution in [0.15, 0.2) is 48.5 Å². The number of phenols is 2. The molecule has 2 rings (SSSR count). The number of phenolic OH excluding ortho intramolecular Hbond substituents is 2. The van der Waals surface area contributed by atoms with E-state index in [1.54, 1.807) is 45.0 Å². The number of alkyl carbamates (subject to hydrolysis) is 1. The van der Waals surface area contributed by atoms with Crippen LogP contribution in [-0.4, -0.2) is 50.7 Å². The molecule has 0 saturated carbocycles. The lowest BCUT2D eigenvalue weighted by Gasteiger charge is -2.31. The van der Waals surface area contributed by atoms with Crippen LogP contribution in [0.25, 0.3) is 0 Å². The minimum absolute atomic E-state index is 0.00210. The molecule has 9 nitrogen and oxygen atoms in total. The Labute approximate surface area is 224 Å². The predicted octanol–water partition coefficient (Wildman–Crippen LogP) is 4.00. The van der Waals surface area contributed by atoms with Gasteiger partial charge in [-0.15, -0.1) is 0 Å². The fourth-order valence-corrected chi connectivity index (χ4v) is 3.89. The number of nitrogens with one attached hydrogen (secondary N) is 2. The lowest BCUT2D eigenvalue weighted by atomic mass is 9.99. The molecule has 2 aromatic rings. The van der Waals surface area contributed by atoms with Crippen molar-refractivity contribution in [3.63, 3.8) is 0 Å². The summed E-state index contributed by atoms with van der Waals surface area (Å²) in [7, 11) is 0. The molecule has 0 bridgehead atoms. The van der Waals surface area contributed by atoms with Crippen molar-refractivity contribution >= 4 is 17.9 Å². The highest BCUT2D eigenvalue weighted by molar-refractivity contribution is 5.94. The summed E-state index contributed by atoms with van der Waals surface area (Å²) in [6.45, 7) is 8.88. The van der Waals surface area contributed by atoms with Crippen LogP contribution in [0, 0.1) is 12.5 Å². The van der Waals surface area contributed by atoms with Gasteiger partial charge in [-0.05, 0) is 57.9 Å². The Bertz CT molecular complexity index is 1150. The van der Waals surface area contributed by atoms with E-state index in [1.807, 2.05) is 13.8 Å². The summed E-state index contributed by atoms with van der Waals surface area (Å²) < 4.78 is 5.35. The van der Waals surface area contributed by atoms with Crippen LogP contribution in [0.3, 0.4) is 0 Å². The number of para-hydroxylation sites is 1. The maximum Gasteiger partial charge on any atom is 0.408 e. The third kappa shape index (κ3) is 8.73. The first kappa shape index (κ1) is 30.0. The Hall–Kier alpha value is -4.19. The number of benzene rings is 2. The van der Waals surface area contributed by atoms with Crippen LogP contribution in [0.5, 0.6) is 11.5 Å². The zero-order chi connectivity index (χ0) is 28.5. The van der Waals surface area contributed by atoms with Crippen LogP contribution in [-0.2, 0) is 20.7 Å². The van der Waals surface area contributed by atoms with Gasteiger partial charge in [-0.2, -0.15) is 0 Å². The van der Waals surface area contributed by atoms with Gasteiger partial charge in [-0.3, -0.25) is 14.5 Å². The van der Waals surface area contributed by atoms with Crippen molar-refractivity contribution in [3.05, 3.63) is 59.7 Å². The Kier molecular flexibility index (Phi) is 10.6. The summed E-state index contributed by atoms with van der Waals surface area (Å²) in [4.78, 5) is 40.9. The van der Waals surface area contributed by atoms with Crippen molar-refractivity contribution in [1.82, 2.24) is 15.5 Å². The molecular weight excluding hydrogens is 486 g/mol. The van der Waals surface area contributed by atoms with E-state index in [1.165, 1.54) is 24.3 Å². The maximum absolute atomic E-state index is 13.9. The van der Waals surface area contributed by atoms with E-state index in [9.17, 15) is 24.6 Å². The van der Waals surface area contributed by atoms with E-state index in [0.29, 0.717) is 12.0 Å². The molecular formula is C29H37N3O6. The number of nitrogens with zero attached hydrogens (tertiary/aromatic N) is 1. The summed E-state index contributed by atoms with van der Waals surface area (Å²) in [5.41, 5.74) is -0.0645. The van der Waals surface area contributed by atoms with Gasteiger partial charge in [0, 0.05) is 24.1 Å². The SMILES string of the molecule is C#CN(C(=O)C(Cc1ccc(O)cc1)NC(=O)OC(C)(C)C)C(C(=O)NC(C)CCC)c1ccccc1O. The zero-order valence-corrected chi connectivity index (χ0v) is 22.5. The van der Waals surface area contributed by atoms with E-state index in [0.717, 1.165) is 11.3 Å². The quantitative estimate of drug-likeness (QED) is 0.275. The second-order valence-corrected chi connectivity index (χ2v) is 10.1. The van der Waals surface area contributed by atoms with Crippen LogP contribution < -0.4 is 10.6 Å². The molecule has 4 N–H and O–H groups in total. The molecule has 204 valence electrons. The Morgan fingerprint density at radius 1 is 1.05 bits per heavy atom. The Morgan fingerprint density at radius 3 is 2.24 bits per heavy atom. The fraction of sp³-hybridized carbons (Fsp3) is 0.414. The third-order valence-electron chi connectivity index (χ3n) is 5.59. The molecule has 3 unspecified atom stereocenters. The molecule has 3 amide bonds. The molecule has 0 fully saturated rings. The van der Waals surface area contributed by atoms with Gasteiger partial charge < -0.3 is 25.6 Å². The average molecular weight is 524 g/mol. The highest BCUT2D eigenvalue weighted by Crippen LogP contribution is 2.30. The minimum atomic E-state index is -1.37. The zero-order valence-electron chi connectivity index (χ0n) is 22.5. The van der Waals surface area contributed by atoms with Gasteiger partial charge in [-0.1, -0.05) is 50.1 Å². The van der Waals surface area contributed by atoms with E-state index in [-0.39, 0.29) is 29.5 Å². The Morgan fingerprint density at radius 2 is 1.68 bits per heavy atom. The third-order valence-corrected chi connectivity index (χ3v) is 5.59. The molecule has 0 heterocycles. The number of hydrogen-bond donors (Lipinski definition) is 4. The first-order valence-electron chi connectivity index (χ1n) is 12.5. The van der Waals surface area contributed by atoms with Crippen LogP contribution in [0.1, 0.15) is 64.6 Å². The van der Waals surface area contributed by atoms with Crippen molar-refractivity contribution in [2.45, 2.75) is 77.6 Å². The summed E-state index contributed by atoms with van der Waals surface area (Å²) in [6, 6.07) is 11.7. The van der Waals surface area contributed by atoms with Gasteiger partial charge in [0.05, 0.1) is 0 Å². The standard InChI is InChI=1S/C29H37N3O6/c1-7-11-19(3)30-26(35)25(22-12-9-10-13-24(22)34)32(8-2)27(36)23(31-28(37)38-29(4,5)6)18-20-14-16-21(33)17-15-20/h2,9-10,12-17,19,23,25,33-34H,7,11,18H2,1,3-6H3,(H,30,35)(H,31,37). The largest absolute Gasteiger partial charge is 0.508 e. The molecule has 0 saturated heterocycles. The number of aromatic hydroxyl groups is 2. The molecule has 9 heteroatoms. The van der Waals surface area contributed by atoms with Gasteiger partial charge in [-0.25, -0.2) is 4.79 Å². The number of carbonyl (C=O) groups excluding carboxylic acids is 3. The number of rotatable bonds is 10. The van der Waals surface area contributed by atoms with Crippen molar-refractivity contribution in [1.29, 1.82) is 0 Å². The molecule has 0 aliphatic rings. The molecule has 0 aromatic heterocycles. The van der Waals surface area contributed by atoms with Gasteiger partial charge in [0.1, 0.15) is 23.1 Å². The fourth-order valence-electron chi connectivity index (χ4n) is 3.89. The van der Waals surface area contributed by atoms with E-state index < -0.39 is 35.6 Å². The predicted molar refractivity (Wildman–Crippen MR) is 144 cm³/mol. The average Bonchev–Trinajstić information content (AvgIpc) is 2.82. The number of hydrogen-bond acceptors (Lipinski definition) is 6. The van der Waals surface area contributed by atoms with E-state index in [4.69, 9.17) is 11.2 Å². The molecule has 0 aliphatic heterocycles. The van der Waals surface area contributed by atoms with Crippen molar-refractivity contribution in [2.24, 2.45) is 0 Å². The van der Waals surface area contributed by atoms with Crippen molar-refractivity contribution in [3.8, 4) is 24.0 Å². The summed E-state index contributed by atoms with van der Waals surface area (Å²) in [6.07, 6.45) is 6.48. The highest BCUT2D eigenvalue weighted by Gasteiger charge is 2.37. The molecule has 0 aliphatic carbocycles. The monoisotopic (exact) mass is 523 g/mol. The first-order chi connectivity index (χ1) is 17.9. The Balaban J connectivity index is 2.50. The highest BCUT2D eigenvalue weighted by atomic mass is 16.6. The first-order valence-corrected chi connectivity index (χ1v) is 12.5. The van der Waals surface area contributed by atoms with E-state index in [2.05, 4.69) is 16.7 Å². The molecule has 0 radical (unpaired) electrons. The van der Waals surface area contributed by atoms with Crippen LogP contribution >= 0.6 is 0 Å². The molecule has 0 spiro atoms. The smallest absolute Gasteiger partial charge is 0.408 e. The lowest BCUT2D eigenvalue weighted by Crippen LogP contribution is -2.52.